The number of amides is 2. The smallest absolute Gasteiger partial charge is 0.270 e. The van der Waals surface area contributed by atoms with Gasteiger partial charge in [-0.15, -0.1) is 0 Å². The van der Waals surface area contributed by atoms with Gasteiger partial charge in [-0.25, -0.2) is 4.98 Å². The maximum absolute atomic E-state index is 12.3. The first-order valence-electron chi connectivity index (χ1n) is 9.27. The molecule has 2 amide bonds. The van der Waals surface area contributed by atoms with Gasteiger partial charge in [0.25, 0.3) is 11.5 Å². The van der Waals surface area contributed by atoms with Crippen molar-refractivity contribution in [2.24, 2.45) is 0 Å². The molecule has 0 saturated heterocycles. The summed E-state index contributed by atoms with van der Waals surface area (Å²) in [5, 5.41) is 5.69. The molecule has 3 N–H and O–H groups in total. The van der Waals surface area contributed by atoms with Crippen molar-refractivity contribution >= 4 is 28.5 Å². The fourth-order valence-corrected chi connectivity index (χ4v) is 2.93. The van der Waals surface area contributed by atoms with Crippen molar-refractivity contribution in [1.82, 2.24) is 15.3 Å². The number of nitrogens with one attached hydrogen (secondary N) is 3. The summed E-state index contributed by atoms with van der Waals surface area (Å²) in [6.45, 7) is 0. The number of hydrogen-bond acceptors (Lipinski definition) is 4. The van der Waals surface area contributed by atoms with E-state index in [-0.39, 0.29) is 36.3 Å². The molecule has 2 aromatic carbocycles. The van der Waals surface area contributed by atoms with Crippen LogP contribution in [0.5, 0.6) is 0 Å². The van der Waals surface area contributed by atoms with E-state index in [0.717, 1.165) is 12.8 Å². The number of hydrogen-bond donors (Lipinski definition) is 3. The topological polar surface area (TPSA) is 104 Å². The highest BCUT2D eigenvalue weighted by Crippen LogP contribution is 2.20. The molecule has 142 valence electrons. The number of fused-ring (bicyclic) bond motifs is 1. The van der Waals surface area contributed by atoms with E-state index in [9.17, 15) is 14.4 Å². The first kappa shape index (κ1) is 17.9. The third kappa shape index (κ3) is 4.25. The van der Waals surface area contributed by atoms with Gasteiger partial charge in [0.2, 0.25) is 5.91 Å². The lowest BCUT2D eigenvalue weighted by Gasteiger charge is -2.08. The Hall–Kier alpha value is -3.48. The van der Waals surface area contributed by atoms with Gasteiger partial charge >= 0.3 is 0 Å². The van der Waals surface area contributed by atoms with E-state index in [0.29, 0.717) is 28.0 Å². The van der Waals surface area contributed by atoms with Gasteiger partial charge in [-0.3, -0.25) is 14.4 Å². The number of carbonyl (C=O) groups excluding carboxylic acids is 2. The van der Waals surface area contributed by atoms with Crippen molar-refractivity contribution in [2.45, 2.75) is 31.7 Å². The number of para-hydroxylation sites is 2. The molecular formula is C21H20N4O3. The lowest BCUT2D eigenvalue weighted by Crippen LogP contribution is -2.25. The lowest BCUT2D eigenvalue weighted by atomic mass is 10.1. The molecule has 3 aromatic rings. The summed E-state index contributed by atoms with van der Waals surface area (Å²) in [5.41, 5.74) is 2.46. The number of aromatic amines is 1. The first-order valence-corrected chi connectivity index (χ1v) is 9.27. The van der Waals surface area contributed by atoms with Crippen LogP contribution >= 0.6 is 0 Å². The van der Waals surface area contributed by atoms with Gasteiger partial charge in [-0.2, -0.15) is 0 Å². The van der Waals surface area contributed by atoms with Gasteiger partial charge in [-0.1, -0.05) is 18.2 Å². The zero-order valence-corrected chi connectivity index (χ0v) is 15.2. The molecule has 0 spiro atoms. The monoisotopic (exact) mass is 376 g/mol. The molecule has 0 aliphatic heterocycles. The number of rotatable bonds is 6. The summed E-state index contributed by atoms with van der Waals surface area (Å²) in [6, 6.07) is 14.4. The Bertz CT molecular complexity index is 1100. The maximum Gasteiger partial charge on any atom is 0.270 e. The zero-order valence-electron chi connectivity index (χ0n) is 15.2. The van der Waals surface area contributed by atoms with Crippen molar-refractivity contribution in [2.75, 3.05) is 5.32 Å². The van der Waals surface area contributed by atoms with Crippen molar-refractivity contribution in [3.05, 3.63) is 70.1 Å². The van der Waals surface area contributed by atoms with Crippen LogP contribution in [0.4, 0.5) is 5.69 Å². The minimum Gasteiger partial charge on any atom is -0.349 e. The maximum atomic E-state index is 12.3. The van der Waals surface area contributed by atoms with Gasteiger partial charge in [0.1, 0.15) is 5.69 Å². The van der Waals surface area contributed by atoms with Crippen LogP contribution in [0.15, 0.2) is 53.3 Å². The lowest BCUT2D eigenvalue weighted by molar-refractivity contribution is -0.116. The highest BCUT2D eigenvalue weighted by Gasteiger charge is 2.23. The van der Waals surface area contributed by atoms with Crippen molar-refractivity contribution < 1.29 is 9.59 Å². The molecule has 1 aliphatic rings. The molecular weight excluding hydrogens is 356 g/mol. The number of benzene rings is 2. The fraction of sp³-hybridized carbons (Fsp3) is 0.238. The van der Waals surface area contributed by atoms with Gasteiger partial charge < -0.3 is 15.6 Å². The van der Waals surface area contributed by atoms with Crippen LogP contribution in [0.25, 0.3) is 11.0 Å². The van der Waals surface area contributed by atoms with E-state index in [4.69, 9.17) is 0 Å². The molecule has 1 saturated carbocycles. The number of aromatic nitrogens is 2. The average Bonchev–Trinajstić information content (AvgIpc) is 3.50. The zero-order chi connectivity index (χ0) is 19.5. The molecule has 28 heavy (non-hydrogen) atoms. The Morgan fingerprint density at radius 3 is 2.75 bits per heavy atom. The van der Waals surface area contributed by atoms with Crippen molar-refractivity contribution in [3.63, 3.8) is 0 Å². The highest BCUT2D eigenvalue weighted by atomic mass is 16.2. The summed E-state index contributed by atoms with van der Waals surface area (Å²) < 4.78 is 0. The van der Waals surface area contributed by atoms with Crippen LogP contribution in [0, 0.1) is 0 Å². The molecule has 7 heteroatoms. The normalized spacial score (nSPS) is 13.3. The van der Waals surface area contributed by atoms with Gasteiger partial charge in [0.15, 0.2) is 0 Å². The minimum atomic E-state index is -0.287. The van der Waals surface area contributed by atoms with Crippen LogP contribution in [0.1, 0.15) is 35.3 Å². The second-order valence-corrected chi connectivity index (χ2v) is 6.91. The van der Waals surface area contributed by atoms with Crippen molar-refractivity contribution in [3.8, 4) is 0 Å². The predicted octanol–water partition coefficient (Wildman–Crippen LogP) is 2.39. The van der Waals surface area contributed by atoms with Crippen LogP contribution < -0.4 is 16.2 Å². The number of carbonyl (C=O) groups is 2. The van der Waals surface area contributed by atoms with Crippen LogP contribution in [-0.4, -0.2) is 27.8 Å². The van der Waals surface area contributed by atoms with Crippen molar-refractivity contribution in [1.29, 1.82) is 0 Å². The third-order valence-corrected chi connectivity index (χ3v) is 4.58. The molecule has 0 atom stereocenters. The van der Waals surface area contributed by atoms with Crippen LogP contribution in [-0.2, 0) is 11.2 Å². The van der Waals surface area contributed by atoms with E-state index in [1.807, 2.05) is 18.2 Å². The molecule has 1 aliphatic carbocycles. The number of H-pyrrole nitrogens is 1. The van der Waals surface area contributed by atoms with Gasteiger partial charge in [0.05, 0.1) is 11.0 Å². The largest absolute Gasteiger partial charge is 0.349 e. The summed E-state index contributed by atoms with van der Waals surface area (Å²) in [7, 11) is 0. The first-order chi connectivity index (χ1) is 13.6. The average molecular weight is 376 g/mol. The molecule has 1 aromatic heterocycles. The fourth-order valence-electron chi connectivity index (χ4n) is 2.93. The highest BCUT2D eigenvalue weighted by molar-refractivity contribution is 5.97. The van der Waals surface area contributed by atoms with Crippen LogP contribution in [0.3, 0.4) is 0 Å². The Morgan fingerprint density at radius 1 is 1.11 bits per heavy atom. The van der Waals surface area contributed by atoms with Gasteiger partial charge in [0, 0.05) is 30.1 Å². The van der Waals surface area contributed by atoms with E-state index < -0.39 is 0 Å². The van der Waals surface area contributed by atoms with E-state index >= 15 is 0 Å². The molecule has 7 nitrogen and oxygen atoms in total. The number of nitrogens with zero attached hydrogens (tertiary/aromatic N) is 1. The van der Waals surface area contributed by atoms with E-state index in [1.54, 1.807) is 30.3 Å². The minimum absolute atomic E-state index is 0.118. The standard InChI is InChI=1S/C21H20N4O3/c26-19(11-10-18-21(28)25-17-7-2-1-6-16(17)24-18)22-15-5-3-4-13(12-15)20(27)23-14-8-9-14/h1-7,12,14H,8-11H2,(H,22,26)(H,23,27)(H,25,28). The Kier molecular flexibility index (Phi) is 4.89. The Morgan fingerprint density at radius 2 is 1.93 bits per heavy atom. The van der Waals surface area contributed by atoms with E-state index in [1.165, 1.54) is 0 Å². The predicted molar refractivity (Wildman–Crippen MR) is 106 cm³/mol. The molecule has 0 unspecified atom stereocenters. The molecule has 0 bridgehead atoms. The molecule has 1 heterocycles. The summed E-state index contributed by atoms with van der Waals surface area (Å²) in [4.78, 5) is 43.6. The second-order valence-electron chi connectivity index (χ2n) is 6.91. The molecule has 4 rings (SSSR count). The summed E-state index contributed by atoms with van der Waals surface area (Å²) >= 11 is 0. The number of aryl methyl sites for hydroxylation is 1. The number of anilines is 1. The SMILES string of the molecule is O=C(CCc1nc2ccccc2[nH]c1=O)Nc1cccc(C(=O)NC2CC2)c1. The summed E-state index contributed by atoms with van der Waals surface area (Å²) in [6.07, 6.45) is 2.38. The Balaban J connectivity index is 1.39. The molecule has 1 fully saturated rings. The van der Waals surface area contributed by atoms with E-state index in [2.05, 4.69) is 20.6 Å². The van der Waals surface area contributed by atoms with Gasteiger partial charge in [-0.05, 0) is 43.2 Å². The summed E-state index contributed by atoms with van der Waals surface area (Å²) in [5.74, 6) is -0.375. The quantitative estimate of drug-likeness (QED) is 0.614. The second kappa shape index (κ2) is 7.64. The molecule has 0 radical (unpaired) electrons. The van der Waals surface area contributed by atoms with Crippen LogP contribution in [0.2, 0.25) is 0 Å². The Labute approximate surface area is 161 Å². The third-order valence-electron chi connectivity index (χ3n) is 4.58.